The van der Waals surface area contributed by atoms with Crippen molar-refractivity contribution in [2.45, 2.75) is 38.5 Å². The Hall–Kier alpha value is -1.70. The van der Waals surface area contributed by atoms with Gasteiger partial charge in [0, 0.05) is 20.2 Å². The lowest BCUT2D eigenvalue weighted by Gasteiger charge is -2.18. The number of hydrogen-bond donors (Lipinski definition) is 0. The summed E-state index contributed by atoms with van der Waals surface area (Å²) in [5.41, 5.74) is 2.02. The van der Waals surface area contributed by atoms with Crippen molar-refractivity contribution >= 4 is 9.84 Å². The number of hydrogen-bond acceptors (Lipinski definition) is 5. The molecule has 0 aliphatic carbocycles. The molecule has 3 rings (SSSR count). The minimum Gasteiger partial charge on any atom is -0.384 e. The van der Waals surface area contributed by atoms with Crippen LogP contribution in [-0.4, -0.2) is 55.4 Å². The van der Waals surface area contributed by atoms with Crippen molar-refractivity contribution in [1.82, 2.24) is 14.5 Å². The van der Waals surface area contributed by atoms with Gasteiger partial charge in [0.1, 0.15) is 0 Å². The summed E-state index contributed by atoms with van der Waals surface area (Å²) in [4.78, 5) is 6.72. The lowest BCUT2D eigenvalue weighted by Crippen LogP contribution is -2.24. The molecule has 1 atom stereocenters. The minimum absolute atomic E-state index is 0.0590. The zero-order valence-electron chi connectivity index (χ0n) is 17.0. The normalized spacial score (nSPS) is 18.2. The zero-order chi connectivity index (χ0) is 20.1. The molecular weight excluding hydrogens is 374 g/mol. The predicted molar refractivity (Wildman–Crippen MR) is 110 cm³/mol. The first kappa shape index (κ1) is 21.0. The summed E-state index contributed by atoms with van der Waals surface area (Å²) >= 11 is 0. The molecule has 1 aromatic carbocycles. The molecule has 1 unspecified atom stereocenters. The van der Waals surface area contributed by atoms with Crippen LogP contribution in [0.1, 0.15) is 31.5 Å². The molecule has 2 heterocycles. The van der Waals surface area contributed by atoms with Gasteiger partial charge in [-0.2, -0.15) is 0 Å². The van der Waals surface area contributed by atoms with Crippen molar-refractivity contribution in [1.29, 1.82) is 0 Å². The molecule has 1 aliphatic rings. The van der Waals surface area contributed by atoms with Gasteiger partial charge in [-0.15, -0.1) is 0 Å². The number of likely N-dealkylation sites (tertiary alicyclic amines) is 1. The SMILES string of the molecule is COCC1CCN(Cc2cnc(S(=O)(=O)CC(C)C)n2Cc2ccccc2)C1. The molecule has 2 aromatic rings. The zero-order valence-corrected chi connectivity index (χ0v) is 17.9. The second-order valence-electron chi connectivity index (χ2n) is 8.12. The summed E-state index contributed by atoms with van der Waals surface area (Å²) in [6, 6.07) is 9.96. The maximum Gasteiger partial charge on any atom is 0.228 e. The Labute approximate surface area is 168 Å². The van der Waals surface area contributed by atoms with Crippen molar-refractivity contribution in [2.24, 2.45) is 11.8 Å². The van der Waals surface area contributed by atoms with Gasteiger partial charge in [0.25, 0.3) is 0 Å². The van der Waals surface area contributed by atoms with E-state index in [4.69, 9.17) is 4.74 Å². The Morgan fingerprint density at radius 1 is 1.21 bits per heavy atom. The molecule has 0 spiro atoms. The van der Waals surface area contributed by atoms with E-state index < -0.39 is 9.84 Å². The van der Waals surface area contributed by atoms with E-state index in [1.165, 1.54) is 0 Å². The fourth-order valence-electron chi connectivity index (χ4n) is 3.87. The van der Waals surface area contributed by atoms with Crippen molar-refractivity contribution in [3.05, 3.63) is 47.8 Å². The summed E-state index contributed by atoms with van der Waals surface area (Å²) in [5.74, 6) is 0.709. The first-order valence-electron chi connectivity index (χ1n) is 9.91. The van der Waals surface area contributed by atoms with Gasteiger partial charge >= 0.3 is 0 Å². The smallest absolute Gasteiger partial charge is 0.228 e. The van der Waals surface area contributed by atoms with Crippen LogP contribution in [0.25, 0.3) is 0 Å². The highest BCUT2D eigenvalue weighted by Gasteiger charge is 2.27. The Kier molecular flexibility index (Phi) is 6.91. The van der Waals surface area contributed by atoms with E-state index in [-0.39, 0.29) is 16.8 Å². The van der Waals surface area contributed by atoms with Gasteiger partial charge in [-0.1, -0.05) is 44.2 Å². The molecule has 154 valence electrons. The fourth-order valence-corrected chi connectivity index (χ4v) is 5.63. The first-order chi connectivity index (χ1) is 13.4. The Morgan fingerprint density at radius 2 is 1.96 bits per heavy atom. The molecule has 0 saturated carbocycles. The average Bonchev–Trinajstić information content (AvgIpc) is 3.23. The van der Waals surface area contributed by atoms with Gasteiger partial charge in [0.15, 0.2) is 0 Å². The van der Waals surface area contributed by atoms with Crippen LogP contribution in [0.2, 0.25) is 0 Å². The van der Waals surface area contributed by atoms with Crippen molar-refractivity contribution in [2.75, 3.05) is 32.6 Å². The number of imidazole rings is 1. The molecule has 1 saturated heterocycles. The van der Waals surface area contributed by atoms with Crippen LogP contribution in [0, 0.1) is 11.8 Å². The molecule has 1 aromatic heterocycles. The number of benzene rings is 1. The summed E-state index contributed by atoms with van der Waals surface area (Å²) in [7, 11) is -1.69. The van der Waals surface area contributed by atoms with E-state index >= 15 is 0 Å². The van der Waals surface area contributed by atoms with E-state index in [1.54, 1.807) is 13.3 Å². The molecule has 1 aliphatic heterocycles. The van der Waals surface area contributed by atoms with E-state index in [1.807, 2.05) is 48.7 Å². The highest BCUT2D eigenvalue weighted by Crippen LogP contribution is 2.22. The number of ether oxygens (including phenoxy) is 1. The fraction of sp³-hybridized carbons (Fsp3) is 0.571. The molecule has 0 bridgehead atoms. The van der Waals surface area contributed by atoms with Crippen LogP contribution in [-0.2, 0) is 27.7 Å². The van der Waals surface area contributed by atoms with Gasteiger partial charge in [-0.3, -0.25) is 4.90 Å². The van der Waals surface area contributed by atoms with E-state index in [0.29, 0.717) is 19.0 Å². The Bertz CT molecular complexity index is 862. The Morgan fingerprint density at radius 3 is 2.64 bits per heavy atom. The van der Waals surface area contributed by atoms with E-state index in [0.717, 1.165) is 37.4 Å². The van der Waals surface area contributed by atoms with Gasteiger partial charge in [-0.25, -0.2) is 13.4 Å². The predicted octanol–water partition coefficient (Wildman–Crippen LogP) is 2.83. The van der Waals surface area contributed by atoms with Crippen LogP contribution >= 0.6 is 0 Å². The summed E-state index contributed by atoms with van der Waals surface area (Å²) in [6.45, 7) is 7.80. The molecule has 1 fully saturated rings. The molecule has 0 N–H and O–H groups in total. The van der Waals surface area contributed by atoms with Crippen LogP contribution in [0.4, 0.5) is 0 Å². The van der Waals surface area contributed by atoms with Gasteiger partial charge in [0.2, 0.25) is 15.0 Å². The lowest BCUT2D eigenvalue weighted by atomic mass is 10.1. The summed E-state index contributed by atoms with van der Waals surface area (Å²) < 4.78 is 33.0. The number of methoxy groups -OCH3 is 1. The molecule has 0 radical (unpaired) electrons. The van der Waals surface area contributed by atoms with E-state index in [2.05, 4.69) is 9.88 Å². The number of nitrogens with zero attached hydrogens (tertiary/aromatic N) is 3. The van der Waals surface area contributed by atoms with Crippen LogP contribution < -0.4 is 0 Å². The van der Waals surface area contributed by atoms with Gasteiger partial charge in [-0.05, 0) is 30.4 Å². The minimum atomic E-state index is -3.43. The standard InChI is InChI=1S/C21H31N3O3S/c1-17(2)16-28(25,26)21-22-11-20(14-23-10-9-19(12-23)15-27-3)24(21)13-18-7-5-4-6-8-18/h4-8,11,17,19H,9-10,12-16H2,1-3H3. The maximum absolute atomic E-state index is 12.9. The van der Waals surface area contributed by atoms with Crippen LogP contribution in [0.3, 0.4) is 0 Å². The second kappa shape index (κ2) is 9.20. The summed E-state index contributed by atoms with van der Waals surface area (Å²) in [6.07, 6.45) is 2.85. The second-order valence-corrected chi connectivity index (χ2v) is 10.1. The average molecular weight is 406 g/mol. The van der Waals surface area contributed by atoms with Crippen molar-refractivity contribution < 1.29 is 13.2 Å². The third-order valence-electron chi connectivity index (χ3n) is 5.07. The summed E-state index contributed by atoms with van der Waals surface area (Å²) in [5, 5.41) is 0.188. The number of rotatable bonds is 9. The highest BCUT2D eigenvalue weighted by atomic mass is 32.2. The number of sulfone groups is 1. The molecule has 7 heteroatoms. The van der Waals surface area contributed by atoms with Crippen LogP contribution in [0.5, 0.6) is 0 Å². The monoisotopic (exact) mass is 405 g/mol. The van der Waals surface area contributed by atoms with Crippen LogP contribution in [0.15, 0.2) is 41.7 Å². The van der Waals surface area contributed by atoms with Crippen molar-refractivity contribution in [3.63, 3.8) is 0 Å². The topological polar surface area (TPSA) is 64.4 Å². The molecule has 6 nitrogen and oxygen atoms in total. The largest absolute Gasteiger partial charge is 0.384 e. The number of aromatic nitrogens is 2. The third-order valence-corrected chi connectivity index (χ3v) is 7.06. The first-order valence-corrected chi connectivity index (χ1v) is 11.6. The lowest BCUT2D eigenvalue weighted by molar-refractivity contribution is 0.152. The molecular formula is C21H31N3O3S. The van der Waals surface area contributed by atoms with Gasteiger partial charge < -0.3 is 9.30 Å². The Balaban J connectivity index is 1.87. The van der Waals surface area contributed by atoms with Crippen molar-refractivity contribution in [3.8, 4) is 0 Å². The van der Waals surface area contributed by atoms with E-state index in [9.17, 15) is 8.42 Å². The third kappa shape index (κ3) is 5.21. The molecule has 28 heavy (non-hydrogen) atoms. The molecule has 0 amide bonds. The highest BCUT2D eigenvalue weighted by molar-refractivity contribution is 7.91. The maximum atomic E-state index is 12.9. The quantitative estimate of drug-likeness (QED) is 0.642. The van der Waals surface area contributed by atoms with Gasteiger partial charge in [0.05, 0.1) is 30.8 Å².